The molecule has 1 aliphatic heterocycles. The average molecular weight is 570 g/mol. The van der Waals surface area contributed by atoms with Gasteiger partial charge in [-0.25, -0.2) is 9.59 Å². The standard InChI is InChI=1S/C32H43NO6S/c1-20(2)14-15-38-31(37)33-18-25(27(19-33)28(34)24-10-12-26(40-7)13-11-24)9-8-23-16-21(3)29(22(4)17-23)39-32(5,6)30(35)36/h10-13,16-17,20,25,27H,8-9,14-15,18-19H2,1-7H3,(H,35,36)/t25-,27-/m1/s1. The van der Waals surface area contributed by atoms with E-state index in [4.69, 9.17) is 9.47 Å². The molecule has 2 atom stereocenters. The van der Waals surface area contributed by atoms with Crippen LogP contribution >= 0.6 is 11.8 Å². The molecule has 2 aromatic rings. The molecule has 7 nitrogen and oxygen atoms in total. The smallest absolute Gasteiger partial charge is 0.409 e. The summed E-state index contributed by atoms with van der Waals surface area (Å²) in [5.74, 6) is -0.262. The molecule has 1 saturated heterocycles. The van der Waals surface area contributed by atoms with Crippen LogP contribution in [-0.4, -0.2) is 59.4 Å². The van der Waals surface area contributed by atoms with E-state index in [2.05, 4.69) is 13.8 Å². The van der Waals surface area contributed by atoms with Gasteiger partial charge < -0.3 is 19.5 Å². The van der Waals surface area contributed by atoms with Crippen LogP contribution < -0.4 is 4.74 Å². The molecule has 0 radical (unpaired) electrons. The van der Waals surface area contributed by atoms with Gasteiger partial charge in [0.15, 0.2) is 11.4 Å². The monoisotopic (exact) mass is 569 g/mol. The predicted octanol–water partition coefficient (Wildman–Crippen LogP) is 6.81. The number of carboxylic acids is 1. The fourth-order valence-corrected chi connectivity index (χ4v) is 5.46. The summed E-state index contributed by atoms with van der Waals surface area (Å²) in [5.41, 5.74) is 2.15. The first kappa shape index (κ1) is 31.5. The van der Waals surface area contributed by atoms with Gasteiger partial charge in [-0.2, -0.15) is 0 Å². The van der Waals surface area contributed by atoms with Crippen LogP contribution in [0.5, 0.6) is 5.75 Å². The number of aliphatic carboxylic acids is 1. The van der Waals surface area contributed by atoms with Crippen molar-refractivity contribution < 1.29 is 29.0 Å². The summed E-state index contributed by atoms with van der Waals surface area (Å²) in [4.78, 5) is 40.8. The second kappa shape index (κ2) is 13.6. The molecule has 0 saturated carbocycles. The van der Waals surface area contributed by atoms with E-state index < -0.39 is 11.6 Å². The lowest BCUT2D eigenvalue weighted by Crippen LogP contribution is -2.38. The Kier molecular flexibility index (Phi) is 10.7. The van der Waals surface area contributed by atoms with E-state index in [1.165, 1.54) is 13.8 Å². The Morgan fingerprint density at radius 1 is 1.07 bits per heavy atom. The summed E-state index contributed by atoms with van der Waals surface area (Å²) in [5, 5.41) is 9.46. The Morgan fingerprint density at radius 2 is 1.70 bits per heavy atom. The summed E-state index contributed by atoms with van der Waals surface area (Å²) < 4.78 is 11.4. The quantitative estimate of drug-likeness (QED) is 0.222. The lowest BCUT2D eigenvalue weighted by atomic mass is 9.84. The molecule has 8 heteroatoms. The van der Waals surface area contributed by atoms with Crippen molar-refractivity contribution in [1.29, 1.82) is 0 Å². The Labute approximate surface area is 242 Å². The number of Topliss-reactive ketones (excluding diaryl/α,β-unsaturated/α-hetero) is 1. The van der Waals surface area contributed by atoms with Crippen LogP contribution in [0.15, 0.2) is 41.3 Å². The van der Waals surface area contributed by atoms with Gasteiger partial charge in [-0.15, -0.1) is 11.8 Å². The number of ketones is 1. The predicted molar refractivity (Wildman–Crippen MR) is 158 cm³/mol. The van der Waals surface area contributed by atoms with E-state index in [0.717, 1.165) is 40.8 Å². The maximum Gasteiger partial charge on any atom is 0.409 e. The molecule has 3 rings (SSSR count). The molecule has 0 aliphatic carbocycles. The number of likely N-dealkylation sites (tertiary alicyclic amines) is 1. The van der Waals surface area contributed by atoms with E-state index in [1.54, 1.807) is 16.7 Å². The minimum absolute atomic E-state index is 0.00661. The summed E-state index contributed by atoms with van der Waals surface area (Å²) >= 11 is 1.63. The van der Waals surface area contributed by atoms with E-state index in [-0.39, 0.29) is 23.7 Å². The molecule has 1 aliphatic rings. The maximum absolute atomic E-state index is 13.6. The van der Waals surface area contributed by atoms with Crippen LogP contribution in [0.1, 0.15) is 67.6 Å². The Morgan fingerprint density at radius 3 is 2.25 bits per heavy atom. The fourth-order valence-electron chi connectivity index (χ4n) is 5.05. The highest BCUT2D eigenvalue weighted by molar-refractivity contribution is 7.98. The number of benzene rings is 2. The van der Waals surface area contributed by atoms with Gasteiger partial charge in [0.2, 0.25) is 0 Å². The highest BCUT2D eigenvalue weighted by Crippen LogP contribution is 2.33. The SMILES string of the molecule is CSc1ccc(C(=O)[C@@H]2CN(C(=O)OCCC(C)C)C[C@H]2CCc2cc(C)c(OC(C)(C)C(=O)O)c(C)c2)cc1. The minimum atomic E-state index is -1.34. The largest absolute Gasteiger partial charge is 0.478 e. The van der Waals surface area contributed by atoms with Crippen molar-refractivity contribution in [3.05, 3.63) is 58.7 Å². The summed E-state index contributed by atoms with van der Waals surface area (Å²) in [6, 6.07) is 11.7. The Balaban J connectivity index is 1.77. The normalized spacial score (nSPS) is 17.2. The number of aryl methyl sites for hydroxylation is 3. The second-order valence-corrected chi connectivity index (χ2v) is 12.6. The van der Waals surface area contributed by atoms with Crippen molar-refractivity contribution >= 4 is 29.6 Å². The summed E-state index contributed by atoms with van der Waals surface area (Å²) in [7, 11) is 0. The highest BCUT2D eigenvalue weighted by atomic mass is 32.2. The first-order valence-electron chi connectivity index (χ1n) is 13.9. The Hall–Kier alpha value is -3.00. The number of carbonyl (C=O) groups is 3. The molecular weight excluding hydrogens is 526 g/mol. The van der Waals surface area contributed by atoms with Crippen LogP contribution in [0.25, 0.3) is 0 Å². The zero-order valence-electron chi connectivity index (χ0n) is 24.8. The van der Waals surface area contributed by atoms with Gasteiger partial charge in [-0.1, -0.05) is 38.1 Å². The van der Waals surface area contributed by atoms with Crippen LogP contribution in [0.2, 0.25) is 0 Å². The minimum Gasteiger partial charge on any atom is -0.478 e. The summed E-state index contributed by atoms with van der Waals surface area (Å²) in [6.07, 6.45) is 3.90. The van der Waals surface area contributed by atoms with Gasteiger partial charge in [-0.05, 0) is 93.9 Å². The summed E-state index contributed by atoms with van der Waals surface area (Å²) in [6.45, 7) is 12.3. The van der Waals surface area contributed by atoms with Crippen molar-refractivity contribution in [2.24, 2.45) is 17.8 Å². The van der Waals surface area contributed by atoms with Crippen LogP contribution in [0.3, 0.4) is 0 Å². The third-order valence-electron chi connectivity index (χ3n) is 7.53. The molecule has 0 bridgehead atoms. The maximum atomic E-state index is 13.6. The molecule has 0 spiro atoms. The van der Waals surface area contributed by atoms with Crippen LogP contribution in [0.4, 0.5) is 4.79 Å². The number of nitrogens with zero attached hydrogens (tertiary/aromatic N) is 1. The Bertz CT molecular complexity index is 1180. The number of rotatable bonds is 12. The van der Waals surface area contributed by atoms with Gasteiger partial charge in [0.05, 0.1) is 6.61 Å². The zero-order chi connectivity index (χ0) is 29.6. The highest BCUT2D eigenvalue weighted by Gasteiger charge is 2.40. The number of thioether (sulfide) groups is 1. The number of ether oxygens (including phenoxy) is 2. The molecule has 218 valence electrons. The number of hydrogen-bond donors (Lipinski definition) is 1. The molecule has 1 heterocycles. The molecule has 2 aromatic carbocycles. The van der Waals surface area contributed by atoms with Crippen LogP contribution in [0, 0.1) is 31.6 Å². The third kappa shape index (κ3) is 8.03. The molecule has 1 amide bonds. The second-order valence-electron chi connectivity index (χ2n) is 11.7. The number of amides is 1. The number of carbonyl (C=O) groups excluding carboxylic acids is 2. The average Bonchev–Trinajstić information content (AvgIpc) is 3.33. The van der Waals surface area contributed by atoms with Crippen molar-refractivity contribution in [3.63, 3.8) is 0 Å². The fraction of sp³-hybridized carbons (Fsp3) is 0.531. The number of hydrogen-bond acceptors (Lipinski definition) is 6. The lowest BCUT2D eigenvalue weighted by Gasteiger charge is -2.25. The van der Waals surface area contributed by atoms with Gasteiger partial charge in [0, 0.05) is 29.5 Å². The molecule has 1 N–H and O–H groups in total. The molecule has 0 aromatic heterocycles. The van der Waals surface area contributed by atoms with E-state index in [9.17, 15) is 19.5 Å². The van der Waals surface area contributed by atoms with Crippen molar-refractivity contribution in [2.45, 2.75) is 71.3 Å². The van der Waals surface area contributed by atoms with Crippen molar-refractivity contribution in [1.82, 2.24) is 4.90 Å². The van der Waals surface area contributed by atoms with E-state index in [1.807, 2.05) is 56.5 Å². The zero-order valence-corrected chi connectivity index (χ0v) is 25.6. The van der Waals surface area contributed by atoms with Gasteiger partial charge in [0.25, 0.3) is 0 Å². The van der Waals surface area contributed by atoms with Crippen molar-refractivity contribution in [2.75, 3.05) is 26.0 Å². The number of carboxylic acid groups (broad SMARTS) is 1. The van der Waals surface area contributed by atoms with E-state index >= 15 is 0 Å². The molecule has 0 unspecified atom stereocenters. The lowest BCUT2D eigenvalue weighted by molar-refractivity contribution is -0.152. The van der Waals surface area contributed by atoms with E-state index in [0.29, 0.717) is 36.9 Å². The first-order valence-corrected chi connectivity index (χ1v) is 15.2. The van der Waals surface area contributed by atoms with Gasteiger partial charge >= 0.3 is 12.1 Å². The topological polar surface area (TPSA) is 93.1 Å². The third-order valence-corrected chi connectivity index (χ3v) is 8.27. The van der Waals surface area contributed by atoms with Gasteiger partial charge in [-0.3, -0.25) is 4.79 Å². The van der Waals surface area contributed by atoms with Gasteiger partial charge in [0.1, 0.15) is 5.75 Å². The first-order chi connectivity index (χ1) is 18.8. The molecule has 40 heavy (non-hydrogen) atoms. The molecular formula is C32H43NO6S. The van der Waals surface area contributed by atoms with Crippen LogP contribution in [-0.2, 0) is 16.0 Å². The van der Waals surface area contributed by atoms with Crippen molar-refractivity contribution in [3.8, 4) is 5.75 Å². The molecule has 1 fully saturated rings.